The Balaban J connectivity index is 1.58. The van der Waals surface area contributed by atoms with Gasteiger partial charge in [0, 0.05) is 43.4 Å². The molecule has 7 heteroatoms. The molecule has 0 N–H and O–H groups in total. The Hall–Kier alpha value is -2.96. The van der Waals surface area contributed by atoms with E-state index in [0.717, 1.165) is 41.9 Å². The minimum absolute atomic E-state index is 0.740. The maximum absolute atomic E-state index is 4.83. The highest BCUT2D eigenvalue weighted by molar-refractivity contribution is 5.88. The monoisotopic (exact) mass is 294 g/mol. The average molecular weight is 294 g/mol. The molecular weight excluding hydrogens is 280 g/mol. The Morgan fingerprint density at radius 3 is 2.95 bits per heavy atom. The van der Waals surface area contributed by atoms with E-state index < -0.39 is 0 Å². The number of imidazole rings is 2. The van der Waals surface area contributed by atoms with Crippen molar-refractivity contribution in [2.45, 2.75) is 19.5 Å². The molecule has 0 bridgehead atoms. The third-order valence-corrected chi connectivity index (χ3v) is 3.62. The van der Waals surface area contributed by atoms with Gasteiger partial charge in [0.2, 0.25) is 0 Å². The molecule has 0 amide bonds. The fourth-order valence-corrected chi connectivity index (χ4v) is 2.56. The summed E-state index contributed by atoms with van der Waals surface area (Å²) in [4.78, 5) is 8.52. The Morgan fingerprint density at radius 1 is 1.05 bits per heavy atom. The van der Waals surface area contributed by atoms with E-state index in [9.17, 15) is 0 Å². The lowest BCUT2D eigenvalue weighted by molar-refractivity contribution is 0.315. The van der Waals surface area contributed by atoms with E-state index in [1.807, 2.05) is 36.9 Å². The van der Waals surface area contributed by atoms with E-state index >= 15 is 0 Å². The summed E-state index contributed by atoms with van der Waals surface area (Å²) in [5.74, 6) is 0.881. The molecule has 0 saturated carbocycles. The van der Waals surface area contributed by atoms with Crippen molar-refractivity contribution in [3.63, 3.8) is 0 Å². The second-order valence-corrected chi connectivity index (χ2v) is 5.04. The van der Waals surface area contributed by atoms with Gasteiger partial charge in [-0.1, -0.05) is 6.07 Å². The summed E-state index contributed by atoms with van der Waals surface area (Å²) in [5, 5.41) is 7.87. The van der Waals surface area contributed by atoms with Crippen LogP contribution in [0.15, 0.2) is 53.9 Å². The molecule has 0 atom stereocenters. The zero-order chi connectivity index (χ0) is 14.8. The summed E-state index contributed by atoms with van der Waals surface area (Å²) >= 11 is 0. The normalized spacial score (nSPS) is 11.3. The van der Waals surface area contributed by atoms with Gasteiger partial charge in [-0.2, -0.15) is 0 Å². The highest BCUT2D eigenvalue weighted by Gasteiger charge is 2.12. The lowest BCUT2D eigenvalue weighted by Gasteiger charge is -2.08. The van der Waals surface area contributed by atoms with Gasteiger partial charge in [-0.05, 0) is 28.9 Å². The molecule has 0 spiro atoms. The molecule has 0 aliphatic carbocycles. The molecule has 0 saturated heterocycles. The van der Waals surface area contributed by atoms with E-state index in [1.54, 1.807) is 12.4 Å². The SMILES string of the molecule is c1cc(-c2nccn2CCCn2ccnc2)c2nonc2c1. The van der Waals surface area contributed by atoms with Crippen molar-refractivity contribution >= 4 is 11.0 Å². The summed E-state index contributed by atoms with van der Waals surface area (Å²) in [6.07, 6.45) is 10.4. The summed E-state index contributed by atoms with van der Waals surface area (Å²) in [7, 11) is 0. The van der Waals surface area contributed by atoms with Crippen LogP contribution < -0.4 is 0 Å². The first-order chi connectivity index (χ1) is 10.9. The Morgan fingerprint density at radius 2 is 2.05 bits per heavy atom. The second-order valence-electron chi connectivity index (χ2n) is 5.04. The van der Waals surface area contributed by atoms with Crippen LogP contribution >= 0.6 is 0 Å². The topological polar surface area (TPSA) is 74.6 Å². The smallest absolute Gasteiger partial charge is 0.146 e. The van der Waals surface area contributed by atoms with Crippen LogP contribution in [0, 0.1) is 0 Å². The molecule has 0 radical (unpaired) electrons. The van der Waals surface area contributed by atoms with Gasteiger partial charge < -0.3 is 9.13 Å². The van der Waals surface area contributed by atoms with Gasteiger partial charge in [0.1, 0.15) is 16.9 Å². The van der Waals surface area contributed by atoms with Crippen LogP contribution in [0.25, 0.3) is 22.4 Å². The third kappa shape index (κ3) is 2.26. The third-order valence-electron chi connectivity index (χ3n) is 3.62. The number of hydrogen-bond acceptors (Lipinski definition) is 5. The Bertz CT molecular complexity index is 876. The van der Waals surface area contributed by atoms with Gasteiger partial charge in [-0.25, -0.2) is 14.6 Å². The molecule has 0 aliphatic rings. The molecular formula is C15H14N6O. The van der Waals surface area contributed by atoms with Gasteiger partial charge in [0.25, 0.3) is 0 Å². The lowest BCUT2D eigenvalue weighted by atomic mass is 10.1. The molecule has 110 valence electrons. The number of benzene rings is 1. The maximum Gasteiger partial charge on any atom is 0.146 e. The van der Waals surface area contributed by atoms with Crippen molar-refractivity contribution < 1.29 is 4.63 Å². The van der Waals surface area contributed by atoms with Crippen molar-refractivity contribution in [2.24, 2.45) is 0 Å². The summed E-state index contributed by atoms with van der Waals surface area (Å²) in [6, 6.07) is 5.80. The minimum atomic E-state index is 0.740. The van der Waals surface area contributed by atoms with Gasteiger partial charge in [0.05, 0.1) is 6.33 Å². The first-order valence-corrected chi connectivity index (χ1v) is 7.10. The van der Waals surface area contributed by atoms with Crippen molar-refractivity contribution in [2.75, 3.05) is 0 Å². The zero-order valence-electron chi connectivity index (χ0n) is 11.8. The number of aromatic nitrogens is 6. The highest BCUT2D eigenvalue weighted by Crippen LogP contribution is 2.25. The molecule has 4 aromatic rings. The van der Waals surface area contributed by atoms with Crippen LogP contribution in [-0.4, -0.2) is 29.4 Å². The van der Waals surface area contributed by atoms with Crippen molar-refractivity contribution in [3.05, 3.63) is 49.3 Å². The lowest BCUT2D eigenvalue weighted by Crippen LogP contribution is -2.04. The summed E-state index contributed by atoms with van der Waals surface area (Å²) in [6.45, 7) is 1.79. The predicted octanol–water partition coefficient (Wildman–Crippen LogP) is 2.37. The van der Waals surface area contributed by atoms with Gasteiger partial charge in [-0.3, -0.25) is 0 Å². The Kier molecular flexibility index (Phi) is 3.15. The molecule has 22 heavy (non-hydrogen) atoms. The molecule has 1 aromatic carbocycles. The van der Waals surface area contributed by atoms with Crippen molar-refractivity contribution in [1.82, 2.24) is 29.4 Å². The van der Waals surface area contributed by atoms with Crippen LogP contribution in [-0.2, 0) is 13.1 Å². The van der Waals surface area contributed by atoms with E-state index in [2.05, 4.69) is 29.4 Å². The van der Waals surface area contributed by atoms with E-state index in [1.165, 1.54) is 0 Å². The van der Waals surface area contributed by atoms with Crippen molar-refractivity contribution in [3.8, 4) is 11.4 Å². The maximum atomic E-state index is 4.83. The summed E-state index contributed by atoms with van der Waals surface area (Å²) in [5.41, 5.74) is 2.42. The number of hydrogen-bond donors (Lipinski definition) is 0. The largest absolute Gasteiger partial charge is 0.337 e. The van der Waals surface area contributed by atoms with Gasteiger partial charge in [0.15, 0.2) is 0 Å². The number of aryl methyl sites for hydroxylation is 2. The molecule has 4 rings (SSSR count). The molecule has 0 aliphatic heterocycles. The fraction of sp³-hybridized carbons (Fsp3) is 0.200. The van der Waals surface area contributed by atoms with Crippen LogP contribution in [0.4, 0.5) is 0 Å². The number of nitrogens with zero attached hydrogens (tertiary/aromatic N) is 6. The molecule has 3 heterocycles. The number of fused-ring (bicyclic) bond motifs is 1. The van der Waals surface area contributed by atoms with Crippen LogP contribution in [0.3, 0.4) is 0 Å². The zero-order valence-corrected chi connectivity index (χ0v) is 11.8. The molecule has 0 unspecified atom stereocenters. The first-order valence-electron chi connectivity index (χ1n) is 7.10. The van der Waals surface area contributed by atoms with Crippen LogP contribution in [0.2, 0.25) is 0 Å². The van der Waals surface area contributed by atoms with Gasteiger partial charge >= 0.3 is 0 Å². The highest BCUT2D eigenvalue weighted by atomic mass is 16.6. The molecule has 0 fully saturated rings. The van der Waals surface area contributed by atoms with Gasteiger partial charge in [-0.15, -0.1) is 0 Å². The van der Waals surface area contributed by atoms with Crippen molar-refractivity contribution in [1.29, 1.82) is 0 Å². The standard InChI is InChI=1S/C15H14N6O/c1-3-12(14-13(4-1)18-22-19-14)15-17-6-10-21(15)8-2-7-20-9-5-16-11-20/h1,3-6,9-11H,2,7-8H2. The average Bonchev–Trinajstić information content (AvgIpc) is 3.28. The van der Waals surface area contributed by atoms with E-state index in [0.29, 0.717) is 0 Å². The molecule has 7 nitrogen and oxygen atoms in total. The van der Waals surface area contributed by atoms with E-state index in [-0.39, 0.29) is 0 Å². The predicted molar refractivity (Wildman–Crippen MR) is 79.9 cm³/mol. The fourth-order valence-electron chi connectivity index (χ4n) is 2.56. The van der Waals surface area contributed by atoms with Crippen LogP contribution in [0.5, 0.6) is 0 Å². The summed E-state index contributed by atoms with van der Waals surface area (Å²) < 4.78 is 9.02. The Labute approximate surface area is 126 Å². The second kappa shape index (κ2) is 5.44. The minimum Gasteiger partial charge on any atom is -0.337 e. The molecule has 3 aromatic heterocycles. The quantitative estimate of drug-likeness (QED) is 0.565. The van der Waals surface area contributed by atoms with E-state index in [4.69, 9.17) is 4.63 Å². The number of rotatable bonds is 5. The first kappa shape index (κ1) is 12.8. The van der Waals surface area contributed by atoms with Crippen LogP contribution in [0.1, 0.15) is 6.42 Å².